The maximum Gasteiger partial charge on any atom is 0.264 e. The van der Waals surface area contributed by atoms with Gasteiger partial charge in [-0.15, -0.1) is 0 Å². The van der Waals surface area contributed by atoms with Crippen molar-refractivity contribution in [2.45, 2.75) is 69.5 Å². The van der Waals surface area contributed by atoms with Crippen LogP contribution in [0.3, 0.4) is 0 Å². The molecule has 1 atom stereocenters. The van der Waals surface area contributed by atoms with Crippen molar-refractivity contribution in [3.63, 3.8) is 0 Å². The minimum absolute atomic E-state index is 0.00894. The summed E-state index contributed by atoms with van der Waals surface area (Å²) < 4.78 is 29.6. The van der Waals surface area contributed by atoms with Gasteiger partial charge in [0.25, 0.3) is 10.0 Å². The van der Waals surface area contributed by atoms with Crippen LogP contribution in [0.4, 0.5) is 5.69 Å². The number of carbonyl (C=O) groups is 2. The second kappa shape index (κ2) is 14.3. The Morgan fingerprint density at radius 1 is 1.00 bits per heavy atom. The van der Waals surface area contributed by atoms with Gasteiger partial charge in [-0.05, 0) is 74.7 Å². The first-order valence-electron chi connectivity index (χ1n) is 13.8. The summed E-state index contributed by atoms with van der Waals surface area (Å²) in [5.41, 5.74) is 1.80. The van der Waals surface area contributed by atoms with Crippen molar-refractivity contribution in [3.05, 3.63) is 92.4 Å². The number of carbonyl (C=O) groups excluding carboxylic acids is 2. The van der Waals surface area contributed by atoms with Crippen LogP contribution in [0.2, 0.25) is 10.0 Å². The van der Waals surface area contributed by atoms with Crippen LogP contribution < -0.4 is 9.62 Å². The molecule has 11 heteroatoms. The molecule has 1 saturated carbocycles. The fourth-order valence-electron chi connectivity index (χ4n) is 4.98. The van der Waals surface area contributed by atoms with Gasteiger partial charge < -0.3 is 10.2 Å². The number of rotatable bonds is 10. The molecule has 3 aromatic rings. The Balaban J connectivity index is 1.69. The molecule has 1 aliphatic rings. The highest BCUT2D eigenvalue weighted by atomic mass is 79.9. The highest BCUT2D eigenvalue weighted by Crippen LogP contribution is 2.28. The van der Waals surface area contributed by atoms with Crippen LogP contribution in [0.5, 0.6) is 0 Å². The normalized spacial score (nSPS) is 14.7. The first kappa shape index (κ1) is 32.3. The number of sulfonamides is 1. The summed E-state index contributed by atoms with van der Waals surface area (Å²) in [4.78, 5) is 29.0. The van der Waals surface area contributed by atoms with Crippen LogP contribution in [0.25, 0.3) is 0 Å². The summed E-state index contributed by atoms with van der Waals surface area (Å²) in [6.07, 6.45) is 5.01. The predicted octanol–water partition coefficient (Wildman–Crippen LogP) is 7.13. The molecule has 0 radical (unpaired) electrons. The Labute approximate surface area is 266 Å². The lowest BCUT2D eigenvalue weighted by molar-refractivity contribution is -0.139. The van der Waals surface area contributed by atoms with Crippen LogP contribution in [-0.4, -0.2) is 43.8 Å². The molecule has 0 heterocycles. The number of hydrogen-bond acceptors (Lipinski definition) is 4. The second-order valence-corrected chi connectivity index (χ2v) is 14.2. The monoisotopic (exact) mass is 693 g/mol. The topological polar surface area (TPSA) is 86.8 Å². The van der Waals surface area contributed by atoms with Gasteiger partial charge in [0.15, 0.2) is 0 Å². The van der Waals surface area contributed by atoms with Gasteiger partial charge in [-0.1, -0.05) is 88.2 Å². The molecule has 0 saturated heterocycles. The van der Waals surface area contributed by atoms with E-state index in [9.17, 15) is 18.0 Å². The van der Waals surface area contributed by atoms with E-state index in [4.69, 9.17) is 23.2 Å². The number of hydrogen-bond donors (Lipinski definition) is 1. The van der Waals surface area contributed by atoms with Crippen molar-refractivity contribution >= 4 is 66.7 Å². The number of halogens is 3. The molecular weight excluding hydrogens is 661 g/mol. The average Bonchev–Trinajstić information content (AvgIpc) is 2.95. The van der Waals surface area contributed by atoms with E-state index < -0.39 is 28.5 Å². The smallest absolute Gasteiger partial charge is 0.264 e. The highest BCUT2D eigenvalue weighted by Gasteiger charge is 2.33. The standard InChI is InChI=1S/C31H34BrCl2N3O4S/c1-21-11-15-28(16-12-21)42(40,41)37(27-10-6-7-24(32)17-27)20-30(38)36(19-23-13-14-25(33)18-29(23)34)22(2)31(39)35-26-8-4-3-5-9-26/h6-7,10-18,22,26H,3-5,8-9,19-20H2,1-2H3,(H,35,39)/t22-/m0/s1. The van der Waals surface area contributed by atoms with E-state index in [-0.39, 0.29) is 23.4 Å². The predicted molar refractivity (Wildman–Crippen MR) is 171 cm³/mol. The summed E-state index contributed by atoms with van der Waals surface area (Å²) in [6.45, 7) is 2.98. The van der Waals surface area contributed by atoms with Crippen molar-refractivity contribution in [1.82, 2.24) is 10.2 Å². The van der Waals surface area contributed by atoms with E-state index in [1.807, 2.05) is 6.92 Å². The van der Waals surface area contributed by atoms with Gasteiger partial charge in [-0.3, -0.25) is 13.9 Å². The van der Waals surface area contributed by atoms with E-state index in [1.165, 1.54) is 17.0 Å². The zero-order chi connectivity index (χ0) is 30.4. The SMILES string of the molecule is Cc1ccc(S(=O)(=O)N(CC(=O)N(Cc2ccc(Cl)cc2Cl)[C@@H](C)C(=O)NC2CCCCC2)c2cccc(Br)c2)cc1. The molecule has 7 nitrogen and oxygen atoms in total. The molecule has 224 valence electrons. The van der Waals surface area contributed by atoms with E-state index in [1.54, 1.807) is 61.5 Å². The summed E-state index contributed by atoms with van der Waals surface area (Å²) in [7, 11) is -4.15. The number of amides is 2. The Bertz CT molecular complexity index is 1530. The molecule has 1 fully saturated rings. The number of benzene rings is 3. The average molecular weight is 696 g/mol. The minimum Gasteiger partial charge on any atom is -0.352 e. The maximum atomic E-state index is 14.1. The summed E-state index contributed by atoms with van der Waals surface area (Å²) in [6, 6.07) is 17.3. The molecular formula is C31H34BrCl2N3O4S. The molecule has 42 heavy (non-hydrogen) atoms. The third-order valence-corrected chi connectivity index (χ3v) is 10.3. The summed E-state index contributed by atoms with van der Waals surface area (Å²) in [5.74, 6) is -0.848. The van der Waals surface area contributed by atoms with Gasteiger partial charge in [0.1, 0.15) is 12.6 Å². The first-order chi connectivity index (χ1) is 20.0. The summed E-state index contributed by atoms with van der Waals surface area (Å²) in [5, 5.41) is 3.88. The van der Waals surface area contributed by atoms with Crippen LogP contribution >= 0.6 is 39.1 Å². The molecule has 1 N–H and O–H groups in total. The van der Waals surface area contributed by atoms with Gasteiger partial charge in [-0.25, -0.2) is 8.42 Å². The van der Waals surface area contributed by atoms with Gasteiger partial charge >= 0.3 is 0 Å². The van der Waals surface area contributed by atoms with Crippen LogP contribution in [0.15, 0.2) is 76.1 Å². The van der Waals surface area contributed by atoms with Crippen molar-refractivity contribution in [2.75, 3.05) is 10.8 Å². The fourth-order valence-corrected chi connectivity index (χ4v) is 7.24. The third kappa shape index (κ3) is 8.07. The Hall–Kier alpha value is -2.59. The largest absolute Gasteiger partial charge is 0.352 e. The number of nitrogens with zero attached hydrogens (tertiary/aromatic N) is 2. The lowest BCUT2D eigenvalue weighted by atomic mass is 9.95. The minimum atomic E-state index is -4.15. The van der Waals surface area contributed by atoms with Crippen LogP contribution in [-0.2, 0) is 26.2 Å². The molecule has 3 aromatic carbocycles. The van der Waals surface area contributed by atoms with Crippen LogP contribution in [0, 0.1) is 6.92 Å². The van der Waals surface area contributed by atoms with Crippen LogP contribution in [0.1, 0.15) is 50.2 Å². The van der Waals surface area contributed by atoms with Gasteiger partial charge in [-0.2, -0.15) is 0 Å². The zero-order valence-electron chi connectivity index (χ0n) is 23.5. The lowest BCUT2D eigenvalue weighted by Crippen LogP contribution is -2.53. The molecule has 0 aromatic heterocycles. The van der Waals surface area contributed by atoms with E-state index >= 15 is 0 Å². The molecule has 2 amide bonds. The number of anilines is 1. The molecule has 0 bridgehead atoms. The lowest BCUT2D eigenvalue weighted by Gasteiger charge is -2.33. The number of nitrogens with one attached hydrogen (secondary N) is 1. The second-order valence-electron chi connectivity index (χ2n) is 10.6. The quantitative estimate of drug-likeness (QED) is 0.245. The molecule has 4 rings (SSSR count). The molecule has 1 aliphatic carbocycles. The first-order valence-corrected chi connectivity index (χ1v) is 16.8. The van der Waals surface area contributed by atoms with E-state index in [0.717, 1.165) is 42.0 Å². The zero-order valence-corrected chi connectivity index (χ0v) is 27.4. The number of aryl methyl sites for hydroxylation is 1. The Kier molecular flexibility index (Phi) is 11.0. The van der Waals surface area contributed by atoms with Crippen molar-refractivity contribution in [2.24, 2.45) is 0 Å². The maximum absolute atomic E-state index is 14.1. The van der Waals surface area contributed by atoms with Crippen molar-refractivity contribution in [3.8, 4) is 0 Å². The van der Waals surface area contributed by atoms with Crippen molar-refractivity contribution in [1.29, 1.82) is 0 Å². The van der Waals surface area contributed by atoms with Gasteiger partial charge in [0, 0.05) is 27.1 Å². The summed E-state index contributed by atoms with van der Waals surface area (Å²) >= 11 is 16.0. The molecule has 0 aliphatic heterocycles. The Morgan fingerprint density at radius 3 is 2.33 bits per heavy atom. The van der Waals surface area contributed by atoms with E-state index in [2.05, 4.69) is 21.2 Å². The fraction of sp³-hybridized carbons (Fsp3) is 0.355. The third-order valence-electron chi connectivity index (χ3n) is 7.46. The van der Waals surface area contributed by atoms with Gasteiger partial charge in [0.2, 0.25) is 11.8 Å². The highest BCUT2D eigenvalue weighted by molar-refractivity contribution is 9.10. The van der Waals surface area contributed by atoms with E-state index in [0.29, 0.717) is 25.8 Å². The van der Waals surface area contributed by atoms with Crippen molar-refractivity contribution < 1.29 is 18.0 Å². The molecule has 0 unspecified atom stereocenters. The van der Waals surface area contributed by atoms with Gasteiger partial charge in [0.05, 0.1) is 10.6 Å². The molecule has 0 spiro atoms. The Morgan fingerprint density at radius 2 is 1.69 bits per heavy atom.